The van der Waals surface area contributed by atoms with Crippen LogP contribution in [0.5, 0.6) is 0 Å². The second-order valence-electron chi connectivity index (χ2n) is 16.8. The quantitative estimate of drug-likeness (QED) is 0.0131. The van der Waals surface area contributed by atoms with Crippen LogP contribution in [0.25, 0.3) is 0 Å². The highest BCUT2D eigenvalue weighted by Gasteiger charge is 2.54. The Balaban J connectivity index is 2.63. The fraction of sp³-hybridized carbons (Fsp3) is 0.787. The van der Waals surface area contributed by atoms with Crippen molar-refractivity contribution in [1.29, 1.82) is 0 Å². The summed E-state index contributed by atoms with van der Waals surface area (Å²) in [6.07, 6.45) is 27.9. The number of unbranched alkanes of at least 4 members (excludes halogenated alkanes) is 18. The smallest absolute Gasteiger partial charge is 0.462 e. The monoisotopic (exact) mass is 967 g/mol. The van der Waals surface area contributed by atoms with Gasteiger partial charge in [-0.1, -0.05) is 146 Å². The summed E-state index contributed by atoms with van der Waals surface area (Å²) < 4.78 is 49.3. The Bertz CT molecular complexity index is 1450. The average Bonchev–Trinajstić information content (AvgIpc) is 3.26. The van der Waals surface area contributed by atoms with Gasteiger partial charge < -0.3 is 44.6 Å². The highest BCUT2D eigenvalue weighted by Crippen LogP contribution is 2.49. The molecule has 0 spiro atoms. The number of aliphatic hydroxyl groups is 4. The van der Waals surface area contributed by atoms with Crippen LogP contribution in [0.2, 0.25) is 0 Å². The number of carbonyl (C=O) groups is 2. The van der Waals surface area contributed by atoms with Crippen molar-refractivity contribution in [3.8, 4) is 0 Å². The lowest BCUT2D eigenvalue weighted by atomic mass is 9.85. The van der Waals surface area contributed by atoms with Crippen LogP contribution in [0.4, 0.5) is 0 Å². The number of ether oxygens (including phenoxy) is 2. The number of phosphoric ester groups is 2. The van der Waals surface area contributed by atoms with Gasteiger partial charge in [-0.25, -0.2) is 9.13 Å². The predicted octanol–water partition coefficient (Wildman–Crippen LogP) is 9.29. The first-order valence-electron chi connectivity index (χ1n) is 24.2. The van der Waals surface area contributed by atoms with E-state index in [9.17, 15) is 53.8 Å². The van der Waals surface area contributed by atoms with Crippen LogP contribution in [0.1, 0.15) is 181 Å². The minimum atomic E-state index is -5.37. The van der Waals surface area contributed by atoms with E-state index in [2.05, 4.69) is 54.8 Å². The van der Waals surface area contributed by atoms with Crippen molar-refractivity contribution < 1.29 is 76.9 Å². The fourth-order valence-electron chi connectivity index (χ4n) is 7.09. The Morgan fingerprint density at radius 1 is 0.492 bits per heavy atom. The first kappa shape index (κ1) is 61.0. The van der Waals surface area contributed by atoms with Crippen molar-refractivity contribution in [1.82, 2.24) is 0 Å². The molecule has 0 heterocycles. The number of phosphoric acid groups is 2. The molecule has 0 aliphatic heterocycles. The van der Waals surface area contributed by atoms with Gasteiger partial charge in [-0.05, 0) is 70.6 Å². The number of rotatable bonds is 40. The van der Waals surface area contributed by atoms with Crippen molar-refractivity contribution in [3.05, 3.63) is 48.6 Å². The van der Waals surface area contributed by atoms with Crippen LogP contribution in [0.15, 0.2) is 48.6 Å². The van der Waals surface area contributed by atoms with Gasteiger partial charge in [0.25, 0.3) is 0 Å². The summed E-state index contributed by atoms with van der Waals surface area (Å²) in [5, 5.41) is 41.2. The van der Waals surface area contributed by atoms with Crippen molar-refractivity contribution in [2.75, 3.05) is 13.2 Å². The maximum Gasteiger partial charge on any atom is 0.472 e. The van der Waals surface area contributed by atoms with Crippen molar-refractivity contribution >= 4 is 27.6 Å². The summed E-state index contributed by atoms with van der Waals surface area (Å²) >= 11 is 0. The Morgan fingerprint density at radius 3 is 1.42 bits per heavy atom. The van der Waals surface area contributed by atoms with E-state index in [1.807, 2.05) is 12.2 Å². The molecule has 0 aromatic rings. The number of esters is 2. The highest BCUT2D eigenvalue weighted by atomic mass is 31.2. The molecule has 18 heteroatoms. The summed E-state index contributed by atoms with van der Waals surface area (Å²) in [7, 11) is -10.7. The van der Waals surface area contributed by atoms with Crippen molar-refractivity contribution in [3.63, 3.8) is 0 Å². The van der Waals surface area contributed by atoms with Gasteiger partial charge in [-0.15, -0.1) is 0 Å². The van der Waals surface area contributed by atoms with E-state index in [1.54, 1.807) is 0 Å². The Hall–Kier alpha value is -2.04. The zero-order valence-electron chi connectivity index (χ0n) is 39.2. The Morgan fingerprint density at radius 2 is 0.908 bits per heavy atom. The van der Waals surface area contributed by atoms with E-state index in [1.165, 1.54) is 77.0 Å². The minimum Gasteiger partial charge on any atom is -0.462 e. The molecule has 1 rings (SSSR count). The topological polar surface area (TPSA) is 256 Å². The normalized spacial score (nSPS) is 22.0. The number of hydrogen-bond acceptors (Lipinski definition) is 13. The molecular weight excluding hydrogens is 882 g/mol. The molecule has 65 heavy (non-hydrogen) atoms. The van der Waals surface area contributed by atoms with Gasteiger partial charge in [0.05, 0.1) is 6.61 Å². The molecule has 0 bridgehead atoms. The molecular formula is C47H84O16P2. The van der Waals surface area contributed by atoms with E-state index in [0.29, 0.717) is 19.3 Å². The predicted molar refractivity (Wildman–Crippen MR) is 250 cm³/mol. The van der Waals surface area contributed by atoms with E-state index in [0.717, 1.165) is 57.8 Å². The summed E-state index contributed by atoms with van der Waals surface area (Å²) in [5.74, 6) is -1.28. The molecule has 0 aromatic heterocycles. The summed E-state index contributed by atoms with van der Waals surface area (Å²) in [5.41, 5.74) is 0. The van der Waals surface area contributed by atoms with Gasteiger partial charge in [0, 0.05) is 12.8 Å². The zero-order chi connectivity index (χ0) is 48.2. The maximum atomic E-state index is 13.0. The van der Waals surface area contributed by atoms with E-state index >= 15 is 0 Å². The maximum absolute atomic E-state index is 13.0. The Labute approximate surface area is 388 Å². The molecule has 1 aliphatic rings. The molecule has 7 N–H and O–H groups in total. The second kappa shape index (κ2) is 37.9. The van der Waals surface area contributed by atoms with Gasteiger partial charge >= 0.3 is 27.6 Å². The van der Waals surface area contributed by atoms with Crippen LogP contribution in [-0.4, -0.2) is 103 Å². The molecule has 1 fully saturated rings. The third-order valence-electron chi connectivity index (χ3n) is 10.9. The third kappa shape index (κ3) is 32.4. The van der Waals surface area contributed by atoms with Crippen LogP contribution >= 0.6 is 15.6 Å². The first-order valence-corrected chi connectivity index (χ1v) is 27.2. The summed E-state index contributed by atoms with van der Waals surface area (Å²) in [6, 6.07) is 0. The Kier molecular flexibility index (Phi) is 35.5. The second-order valence-corrected chi connectivity index (χ2v) is 19.4. The van der Waals surface area contributed by atoms with Crippen molar-refractivity contribution in [2.45, 2.75) is 224 Å². The van der Waals surface area contributed by atoms with Crippen LogP contribution in [0, 0.1) is 0 Å². The molecule has 1 aliphatic carbocycles. The molecule has 16 nitrogen and oxygen atoms in total. The van der Waals surface area contributed by atoms with Crippen molar-refractivity contribution in [2.24, 2.45) is 0 Å². The van der Waals surface area contributed by atoms with Crippen LogP contribution < -0.4 is 0 Å². The van der Waals surface area contributed by atoms with Gasteiger partial charge in [0.2, 0.25) is 0 Å². The third-order valence-corrected chi connectivity index (χ3v) is 12.4. The number of carbonyl (C=O) groups excluding carboxylic acids is 2. The standard InChI is InChI=1S/C47H84O16P2/c1-3-5-7-9-11-13-15-17-19-20-22-24-26-28-30-32-34-36-41(49)61-39(37-59-40(48)35-33-31-29-27-25-23-21-18-16-14-12-10-8-6-4-2)38-60-65(57,58)63-47-44(52)42(50)43(51)46(45(47)53)62-64(54,55)56/h17-19,21-22,24,28,30,39,42-47,50-53H,3-16,20,23,25-27,29,31-38H2,1-2H3,(H,57,58)(H2,54,55,56). The van der Waals surface area contributed by atoms with E-state index in [-0.39, 0.29) is 12.8 Å². The SMILES string of the molecule is CCCCCCCCC=CCC=CCC=CCCCC(=O)OC(COC(=O)CCCCCCCC=CCCCCCCCC)COP(=O)(O)OC1C(O)C(O)C(O)C(OP(=O)(O)O)C1O. The number of allylic oxidation sites excluding steroid dienone is 8. The lowest BCUT2D eigenvalue weighted by Crippen LogP contribution is -2.64. The van der Waals surface area contributed by atoms with Gasteiger partial charge in [-0.3, -0.25) is 23.2 Å². The fourth-order valence-corrected chi connectivity index (χ4v) is 8.63. The molecule has 0 radical (unpaired) electrons. The van der Waals surface area contributed by atoms with Crippen LogP contribution in [0.3, 0.4) is 0 Å². The lowest BCUT2D eigenvalue weighted by Gasteiger charge is -2.43. The lowest BCUT2D eigenvalue weighted by molar-refractivity contribution is -0.216. The molecule has 8 atom stereocenters. The van der Waals surface area contributed by atoms with Gasteiger partial charge in [-0.2, -0.15) is 0 Å². The van der Waals surface area contributed by atoms with E-state index < -0.39 is 83.5 Å². The minimum absolute atomic E-state index is 0.0299. The summed E-state index contributed by atoms with van der Waals surface area (Å²) in [4.78, 5) is 54.3. The number of aliphatic hydroxyl groups excluding tert-OH is 4. The molecule has 0 amide bonds. The zero-order valence-corrected chi connectivity index (χ0v) is 40.9. The van der Waals surface area contributed by atoms with E-state index in [4.69, 9.17) is 18.5 Å². The largest absolute Gasteiger partial charge is 0.472 e. The highest BCUT2D eigenvalue weighted by molar-refractivity contribution is 7.47. The molecule has 8 unspecified atom stereocenters. The van der Waals surface area contributed by atoms with Gasteiger partial charge in [0.1, 0.15) is 43.2 Å². The van der Waals surface area contributed by atoms with Crippen LogP contribution in [-0.2, 0) is 41.8 Å². The molecule has 1 saturated carbocycles. The molecule has 0 saturated heterocycles. The molecule has 378 valence electrons. The number of hydrogen-bond donors (Lipinski definition) is 7. The average molecular weight is 967 g/mol. The summed E-state index contributed by atoms with van der Waals surface area (Å²) in [6.45, 7) is 3.05. The first-order chi connectivity index (χ1) is 31.1. The molecule has 0 aromatic carbocycles. The van der Waals surface area contributed by atoms with Gasteiger partial charge in [0.15, 0.2) is 6.10 Å².